The highest BCUT2D eigenvalue weighted by Gasteiger charge is 2.43. The number of ether oxygens (including phenoxy) is 3. The maximum absolute atomic E-state index is 11.5. The minimum Gasteiger partial charge on any atom is -0.466 e. The minimum atomic E-state index is -0.132. The summed E-state index contributed by atoms with van der Waals surface area (Å²) in [7, 11) is 0. The molecule has 27 heavy (non-hydrogen) atoms. The van der Waals surface area contributed by atoms with Crippen molar-refractivity contribution in [1.82, 2.24) is 0 Å². The molecule has 0 aromatic heterocycles. The molecule has 1 saturated heterocycles. The van der Waals surface area contributed by atoms with E-state index in [0.717, 1.165) is 70.8 Å². The van der Waals surface area contributed by atoms with Gasteiger partial charge in [0.25, 0.3) is 0 Å². The van der Waals surface area contributed by atoms with E-state index in [1.165, 1.54) is 0 Å². The fourth-order valence-electron chi connectivity index (χ4n) is 4.22. The molecule has 0 spiro atoms. The van der Waals surface area contributed by atoms with Gasteiger partial charge in [-0.15, -0.1) is 11.6 Å². The lowest BCUT2D eigenvalue weighted by Crippen LogP contribution is -2.33. The summed E-state index contributed by atoms with van der Waals surface area (Å²) < 4.78 is 16.9. The van der Waals surface area contributed by atoms with Crippen LogP contribution in [0.25, 0.3) is 0 Å². The van der Waals surface area contributed by atoms with E-state index in [2.05, 4.69) is 0 Å². The Morgan fingerprint density at radius 2 is 2.00 bits per heavy atom. The van der Waals surface area contributed by atoms with Gasteiger partial charge in [-0.3, -0.25) is 4.79 Å². The fourth-order valence-corrected chi connectivity index (χ4v) is 4.71. The van der Waals surface area contributed by atoms with Crippen LogP contribution in [0, 0.1) is 11.8 Å². The number of unbranched alkanes of at least 4 members (excludes halogenated alkanes) is 3. The number of aliphatic hydroxyl groups excluding tert-OH is 1. The summed E-state index contributed by atoms with van der Waals surface area (Å²) in [5.41, 5.74) is 0. The second-order valence-corrected chi connectivity index (χ2v) is 8.47. The van der Waals surface area contributed by atoms with Crippen molar-refractivity contribution in [3.05, 3.63) is 0 Å². The van der Waals surface area contributed by atoms with Gasteiger partial charge in [-0.1, -0.05) is 26.2 Å². The van der Waals surface area contributed by atoms with Crippen molar-refractivity contribution in [3.8, 4) is 0 Å². The van der Waals surface area contributed by atoms with Crippen LogP contribution in [0.2, 0.25) is 0 Å². The van der Waals surface area contributed by atoms with Crippen LogP contribution in [0.1, 0.15) is 77.6 Å². The number of rotatable bonds is 12. The maximum Gasteiger partial charge on any atom is 0.305 e. The molecule has 2 aliphatic rings. The van der Waals surface area contributed by atoms with Crippen LogP contribution in [0.4, 0.5) is 0 Å². The second-order valence-electron chi connectivity index (χ2n) is 7.91. The highest BCUT2D eigenvalue weighted by atomic mass is 35.5. The monoisotopic (exact) mass is 404 g/mol. The molecule has 5 nitrogen and oxygen atoms in total. The predicted molar refractivity (Wildman–Crippen MR) is 106 cm³/mol. The van der Waals surface area contributed by atoms with Crippen molar-refractivity contribution in [1.29, 1.82) is 0 Å². The Morgan fingerprint density at radius 1 is 1.19 bits per heavy atom. The van der Waals surface area contributed by atoms with E-state index in [9.17, 15) is 9.90 Å². The lowest BCUT2D eigenvalue weighted by atomic mass is 9.90. The first kappa shape index (κ1) is 22.9. The van der Waals surface area contributed by atoms with Crippen LogP contribution >= 0.6 is 11.6 Å². The molecular formula is C21H37ClO5. The Morgan fingerprint density at radius 3 is 2.70 bits per heavy atom. The molecular weight excluding hydrogens is 368 g/mol. The molecule has 0 aromatic carbocycles. The summed E-state index contributed by atoms with van der Waals surface area (Å²) in [6.45, 7) is 3.41. The zero-order valence-corrected chi connectivity index (χ0v) is 17.5. The van der Waals surface area contributed by atoms with Crippen molar-refractivity contribution in [2.45, 2.75) is 95.3 Å². The van der Waals surface area contributed by atoms with Crippen molar-refractivity contribution in [2.24, 2.45) is 11.8 Å². The van der Waals surface area contributed by atoms with E-state index in [0.29, 0.717) is 18.9 Å². The van der Waals surface area contributed by atoms with Crippen LogP contribution in [-0.2, 0) is 19.0 Å². The molecule has 2 fully saturated rings. The summed E-state index contributed by atoms with van der Waals surface area (Å²) >= 11 is 6.60. The minimum absolute atomic E-state index is 0.000985. The molecule has 1 heterocycles. The second kappa shape index (κ2) is 13.0. The van der Waals surface area contributed by atoms with Crippen LogP contribution in [0.3, 0.4) is 0 Å². The van der Waals surface area contributed by atoms with Gasteiger partial charge >= 0.3 is 5.97 Å². The molecule has 0 radical (unpaired) electrons. The van der Waals surface area contributed by atoms with Crippen molar-refractivity contribution < 1.29 is 24.1 Å². The fraction of sp³-hybridized carbons (Fsp3) is 0.952. The summed E-state index contributed by atoms with van der Waals surface area (Å²) in [5, 5.41) is 9.95. The topological polar surface area (TPSA) is 65.0 Å². The van der Waals surface area contributed by atoms with Crippen LogP contribution in [0.15, 0.2) is 0 Å². The lowest BCUT2D eigenvalue weighted by molar-refractivity contribution is -0.197. The van der Waals surface area contributed by atoms with Gasteiger partial charge in [-0.25, -0.2) is 0 Å². The molecule has 158 valence electrons. The largest absolute Gasteiger partial charge is 0.466 e. The molecule has 1 saturated carbocycles. The first-order valence-corrected chi connectivity index (χ1v) is 11.3. The highest BCUT2D eigenvalue weighted by Crippen LogP contribution is 2.41. The third-order valence-electron chi connectivity index (χ3n) is 5.76. The third kappa shape index (κ3) is 7.88. The van der Waals surface area contributed by atoms with E-state index >= 15 is 0 Å². The number of hydrogen-bond acceptors (Lipinski definition) is 5. The van der Waals surface area contributed by atoms with Gasteiger partial charge in [0.05, 0.1) is 12.7 Å². The molecule has 0 amide bonds. The summed E-state index contributed by atoms with van der Waals surface area (Å²) in [4.78, 5) is 11.5. The number of halogens is 1. The number of esters is 1. The van der Waals surface area contributed by atoms with Gasteiger partial charge in [-0.2, -0.15) is 0 Å². The highest BCUT2D eigenvalue weighted by molar-refractivity contribution is 6.21. The van der Waals surface area contributed by atoms with E-state index in [1.54, 1.807) is 0 Å². The molecule has 5 atom stereocenters. The zero-order chi connectivity index (χ0) is 19.5. The molecule has 6 heteroatoms. The lowest BCUT2D eigenvalue weighted by Gasteiger charge is -2.29. The van der Waals surface area contributed by atoms with Crippen molar-refractivity contribution >= 4 is 17.6 Å². The number of carbonyl (C=O) groups excluding carboxylic acids is 1. The van der Waals surface area contributed by atoms with Gasteiger partial charge in [0.2, 0.25) is 0 Å². The Bertz CT molecular complexity index is 413. The Kier molecular flexibility index (Phi) is 11.0. The zero-order valence-electron chi connectivity index (χ0n) is 16.7. The smallest absolute Gasteiger partial charge is 0.305 e. The Labute approximate surface area is 169 Å². The van der Waals surface area contributed by atoms with Gasteiger partial charge in [0.15, 0.2) is 6.29 Å². The molecule has 0 bridgehead atoms. The van der Waals surface area contributed by atoms with Crippen molar-refractivity contribution in [3.63, 3.8) is 0 Å². The van der Waals surface area contributed by atoms with E-state index in [-0.39, 0.29) is 36.3 Å². The average Bonchev–Trinajstić information content (AvgIpc) is 2.97. The van der Waals surface area contributed by atoms with E-state index in [1.807, 2.05) is 6.92 Å². The quantitative estimate of drug-likeness (QED) is 0.296. The SMILES string of the molecule is CCCOC(=O)CCCCCC[C@@H]1[C@@H](CO)[C@H](OC2CCCCO2)C[C@H]1Cl. The molecule has 1 aliphatic heterocycles. The third-order valence-corrected chi connectivity index (χ3v) is 6.26. The van der Waals surface area contributed by atoms with Gasteiger partial charge in [-0.05, 0) is 50.9 Å². The molecule has 1 unspecified atom stereocenters. The Hall–Kier alpha value is -0.360. The van der Waals surface area contributed by atoms with E-state index < -0.39 is 0 Å². The number of alkyl halides is 1. The Balaban J connectivity index is 1.63. The normalized spacial score (nSPS) is 31.1. The van der Waals surface area contributed by atoms with Crippen LogP contribution in [0.5, 0.6) is 0 Å². The molecule has 0 aromatic rings. The van der Waals surface area contributed by atoms with Gasteiger partial charge in [0, 0.05) is 30.9 Å². The van der Waals surface area contributed by atoms with Crippen LogP contribution < -0.4 is 0 Å². The average molecular weight is 405 g/mol. The molecule has 1 N–H and O–H groups in total. The van der Waals surface area contributed by atoms with Crippen molar-refractivity contribution in [2.75, 3.05) is 19.8 Å². The number of aliphatic hydroxyl groups is 1. The van der Waals surface area contributed by atoms with E-state index in [4.69, 9.17) is 25.8 Å². The molecule has 2 rings (SSSR count). The number of carbonyl (C=O) groups is 1. The maximum atomic E-state index is 11.5. The standard InChI is InChI=1S/C21H37ClO5/c1-2-12-25-20(24)10-6-4-3-5-9-16-17(15-23)19(14-18(16)22)27-21-11-7-8-13-26-21/h16-19,21,23H,2-15H2,1H3/t16-,17-,18-,19-,21?/m1/s1. The summed E-state index contributed by atoms with van der Waals surface area (Å²) in [6.07, 6.45) is 10.3. The molecule has 1 aliphatic carbocycles. The van der Waals surface area contributed by atoms with Gasteiger partial charge in [0.1, 0.15) is 0 Å². The van der Waals surface area contributed by atoms with Crippen LogP contribution in [-0.4, -0.2) is 48.7 Å². The summed E-state index contributed by atoms with van der Waals surface area (Å²) in [5.74, 6) is 0.306. The number of hydrogen-bond donors (Lipinski definition) is 1. The summed E-state index contributed by atoms with van der Waals surface area (Å²) in [6, 6.07) is 0. The predicted octanol–water partition coefficient (Wildman–Crippen LogP) is 4.43. The first-order valence-electron chi connectivity index (χ1n) is 10.8. The van der Waals surface area contributed by atoms with Gasteiger partial charge < -0.3 is 19.3 Å². The first-order chi connectivity index (χ1) is 13.2.